The number of hydrogen-bond donors (Lipinski definition) is 0. The van der Waals surface area contributed by atoms with Crippen molar-refractivity contribution in [1.82, 2.24) is 14.5 Å². The molecule has 0 amide bonds. The van der Waals surface area contributed by atoms with E-state index in [1.54, 1.807) is 0 Å². The predicted molar refractivity (Wildman–Crippen MR) is 219 cm³/mol. The Morgan fingerprint density at radius 2 is 1.17 bits per heavy atom. The quantitative estimate of drug-likeness (QED) is 0.187. The Bertz CT molecular complexity index is 3140. The van der Waals surface area contributed by atoms with Crippen molar-refractivity contribution in [2.24, 2.45) is 0 Å². The molecule has 1 atom stereocenters. The lowest BCUT2D eigenvalue weighted by atomic mass is 9.77. The average Bonchev–Trinajstić information content (AvgIpc) is 3.72. The molecule has 10 aromatic rings. The summed E-state index contributed by atoms with van der Waals surface area (Å²) in [7, 11) is 0. The Morgan fingerprint density at radius 3 is 2.04 bits per heavy atom. The van der Waals surface area contributed by atoms with Gasteiger partial charge in [-0.3, -0.25) is 4.57 Å². The number of para-hydroxylation sites is 2. The fourth-order valence-corrected chi connectivity index (χ4v) is 9.33. The maximum absolute atomic E-state index is 5.51. The molecule has 0 N–H and O–H groups in total. The summed E-state index contributed by atoms with van der Waals surface area (Å²) >= 11 is 0. The van der Waals surface area contributed by atoms with Crippen molar-refractivity contribution < 1.29 is 0 Å². The molecule has 3 heteroatoms. The van der Waals surface area contributed by atoms with Crippen LogP contribution in [0.3, 0.4) is 0 Å². The number of nitrogens with zero attached hydrogens (tertiary/aromatic N) is 3. The first-order chi connectivity index (χ1) is 26.3. The summed E-state index contributed by atoms with van der Waals surface area (Å²) in [5.41, 5.74) is 16.3. The van der Waals surface area contributed by atoms with Crippen LogP contribution in [0, 0.1) is 0 Å². The van der Waals surface area contributed by atoms with Crippen LogP contribution < -0.4 is 0 Å². The lowest BCUT2D eigenvalue weighted by molar-refractivity contribution is 0.817. The SMILES string of the molecule is c1ccc(-c2ccc(-c3nc(-n4c5ccccc5c5cc6c7c(c54)-c4ccccc4CC7c4cc5ccccc5cc4-6)c4ccccc4n3)cc2)cc1. The molecule has 1 unspecified atom stereocenters. The van der Waals surface area contributed by atoms with E-state index in [4.69, 9.17) is 9.97 Å². The van der Waals surface area contributed by atoms with Gasteiger partial charge in [-0.15, -0.1) is 0 Å². The maximum atomic E-state index is 5.51. The molecule has 0 aliphatic heterocycles. The zero-order valence-electron chi connectivity index (χ0n) is 28.8. The lowest BCUT2D eigenvalue weighted by Gasteiger charge is -2.27. The van der Waals surface area contributed by atoms with E-state index in [0.29, 0.717) is 0 Å². The molecule has 3 nitrogen and oxygen atoms in total. The molecule has 53 heavy (non-hydrogen) atoms. The van der Waals surface area contributed by atoms with Gasteiger partial charge in [-0.1, -0.05) is 133 Å². The number of benzene rings is 8. The molecule has 0 spiro atoms. The topological polar surface area (TPSA) is 30.7 Å². The minimum atomic E-state index is 0.284. The van der Waals surface area contributed by atoms with Crippen molar-refractivity contribution in [3.05, 3.63) is 187 Å². The van der Waals surface area contributed by atoms with Crippen molar-refractivity contribution in [3.8, 4) is 50.6 Å². The number of rotatable bonds is 3. The highest BCUT2D eigenvalue weighted by molar-refractivity contribution is 6.18. The minimum Gasteiger partial charge on any atom is -0.293 e. The lowest BCUT2D eigenvalue weighted by Crippen LogP contribution is -2.11. The molecule has 2 aromatic heterocycles. The highest BCUT2D eigenvalue weighted by Crippen LogP contribution is 2.58. The Hall–Kier alpha value is -6.84. The van der Waals surface area contributed by atoms with Crippen molar-refractivity contribution in [3.63, 3.8) is 0 Å². The smallest absolute Gasteiger partial charge is 0.162 e. The van der Waals surface area contributed by atoms with Crippen LogP contribution >= 0.6 is 0 Å². The summed E-state index contributed by atoms with van der Waals surface area (Å²) in [5.74, 6) is 1.91. The van der Waals surface area contributed by atoms with Gasteiger partial charge in [-0.2, -0.15) is 0 Å². The average molecular weight is 674 g/mol. The van der Waals surface area contributed by atoms with Crippen molar-refractivity contribution in [2.45, 2.75) is 12.3 Å². The van der Waals surface area contributed by atoms with E-state index in [1.807, 2.05) is 0 Å². The normalized spacial score (nSPS) is 14.2. The van der Waals surface area contributed by atoms with Gasteiger partial charge in [-0.05, 0) is 98.1 Å². The van der Waals surface area contributed by atoms with Crippen LogP contribution in [-0.4, -0.2) is 14.5 Å². The maximum Gasteiger partial charge on any atom is 0.162 e. The van der Waals surface area contributed by atoms with Crippen LogP contribution in [0.15, 0.2) is 170 Å². The predicted octanol–water partition coefficient (Wildman–Crippen LogP) is 12.5. The van der Waals surface area contributed by atoms with Gasteiger partial charge in [0.1, 0.15) is 5.82 Å². The zero-order valence-corrected chi connectivity index (χ0v) is 28.8. The summed E-state index contributed by atoms with van der Waals surface area (Å²) in [6.07, 6.45) is 0.993. The van der Waals surface area contributed by atoms with Crippen LogP contribution in [-0.2, 0) is 6.42 Å². The van der Waals surface area contributed by atoms with E-state index >= 15 is 0 Å². The van der Waals surface area contributed by atoms with Gasteiger partial charge in [0.2, 0.25) is 0 Å². The monoisotopic (exact) mass is 673 g/mol. The molecule has 0 radical (unpaired) electrons. The van der Waals surface area contributed by atoms with Crippen molar-refractivity contribution in [1.29, 1.82) is 0 Å². The van der Waals surface area contributed by atoms with Gasteiger partial charge in [0.25, 0.3) is 0 Å². The fraction of sp³-hybridized carbons (Fsp3) is 0.0400. The summed E-state index contributed by atoms with van der Waals surface area (Å²) < 4.78 is 2.45. The van der Waals surface area contributed by atoms with Gasteiger partial charge in [0.05, 0.1) is 16.6 Å². The Morgan fingerprint density at radius 1 is 0.491 bits per heavy atom. The van der Waals surface area contributed by atoms with E-state index in [9.17, 15) is 0 Å². The second-order valence-electron chi connectivity index (χ2n) is 14.5. The van der Waals surface area contributed by atoms with Crippen LogP contribution in [0.2, 0.25) is 0 Å². The van der Waals surface area contributed by atoms with Crippen LogP contribution in [0.5, 0.6) is 0 Å². The summed E-state index contributed by atoms with van der Waals surface area (Å²) in [6, 6.07) is 61.7. The van der Waals surface area contributed by atoms with Gasteiger partial charge in [0.15, 0.2) is 5.82 Å². The largest absolute Gasteiger partial charge is 0.293 e. The Balaban J connectivity index is 1.18. The van der Waals surface area contributed by atoms with E-state index in [2.05, 4.69) is 174 Å². The molecule has 0 saturated heterocycles. The molecule has 2 aliphatic rings. The van der Waals surface area contributed by atoms with E-state index in [1.165, 1.54) is 77.1 Å². The first-order valence-electron chi connectivity index (χ1n) is 18.4. The third kappa shape index (κ3) is 4.10. The minimum absolute atomic E-state index is 0.284. The number of aromatic nitrogens is 3. The summed E-state index contributed by atoms with van der Waals surface area (Å²) in [6.45, 7) is 0. The van der Waals surface area contributed by atoms with Gasteiger partial charge in [0, 0.05) is 33.2 Å². The van der Waals surface area contributed by atoms with Crippen LogP contribution in [0.4, 0.5) is 0 Å². The zero-order chi connectivity index (χ0) is 34.6. The second-order valence-corrected chi connectivity index (χ2v) is 14.5. The highest BCUT2D eigenvalue weighted by Gasteiger charge is 2.38. The molecule has 0 bridgehead atoms. The molecular weight excluding hydrogens is 643 g/mol. The van der Waals surface area contributed by atoms with Crippen LogP contribution in [0.25, 0.3) is 94.1 Å². The standard InChI is InChI=1S/C50H31N3/c1-2-12-30(13-3-1)31-22-24-32(25-23-31)49-51-44-20-10-8-19-38(44)50(52-49)53-45-21-11-9-18-37(45)43-29-42-40-27-34-15-5-4-14-33(34)26-39(40)41-28-35-16-6-7-17-36(35)47(46(41)42)48(43)53/h1-27,29,41H,28H2. The Labute approximate surface area is 306 Å². The number of hydrogen-bond acceptors (Lipinski definition) is 2. The molecule has 2 aliphatic carbocycles. The molecule has 0 saturated carbocycles. The molecule has 0 fully saturated rings. The summed E-state index contributed by atoms with van der Waals surface area (Å²) in [5, 5.41) is 6.10. The van der Waals surface area contributed by atoms with Gasteiger partial charge in [-0.25, -0.2) is 9.97 Å². The second kappa shape index (κ2) is 10.8. The Kier molecular flexibility index (Phi) is 5.89. The fourth-order valence-electron chi connectivity index (χ4n) is 9.33. The van der Waals surface area contributed by atoms with Gasteiger partial charge >= 0.3 is 0 Å². The number of fused-ring (bicyclic) bond motifs is 11. The molecular formula is C50H31N3. The summed E-state index contributed by atoms with van der Waals surface area (Å²) in [4.78, 5) is 10.7. The first-order valence-corrected chi connectivity index (χ1v) is 18.4. The first kappa shape index (κ1) is 28.8. The van der Waals surface area contributed by atoms with Crippen molar-refractivity contribution in [2.75, 3.05) is 0 Å². The highest BCUT2D eigenvalue weighted by atomic mass is 15.1. The third-order valence-electron chi connectivity index (χ3n) is 11.7. The van der Waals surface area contributed by atoms with E-state index in [-0.39, 0.29) is 5.92 Å². The molecule has 246 valence electrons. The van der Waals surface area contributed by atoms with E-state index < -0.39 is 0 Å². The van der Waals surface area contributed by atoms with E-state index in [0.717, 1.165) is 40.0 Å². The third-order valence-corrected chi connectivity index (χ3v) is 11.7. The van der Waals surface area contributed by atoms with Gasteiger partial charge < -0.3 is 0 Å². The molecule has 8 aromatic carbocycles. The molecule has 12 rings (SSSR count). The van der Waals surface area contributed by atoms with Crippen LogP contribution in [0.1, 0.15) is 22.6 Å². The van der Waals surface area contributed by atoms with Crippen molar-refractivity contribution >= 4 is 43.5 Å². The molecule has 2 heterocycles.